The summed E-state index contributed by atoms with van der Waals surface area (Å²) < 4.78 is 14.0. The monoisotopic (exact) mass is 246 g/mol. The number of aryl methyl sites for hydroxylation is 2. The van der Waals surface area contributed by atoms with E-state index in [4.69, 9.17) is 0 Å². The van der Waals surface area contributed by atoms with Gasteiger partial charge in [0.05, 0.1) is 13.6 Å². The lowest BCUT2D eigenvalue weighted by Crippen LogP contribution is -2.23. The maximum Gasteiger partial charge on any atom is 0.243 e. The van der Waals surface area contributed by atoms with E-state index in [1.165, 1.54) is 12.8 Å². The van der Waals surface area contributed by atoms with Crippen molar-refractivity contribution < 1.29 is 14.0 Å². The summed E-state index contributed by atoms with van der Waals surface area (Å²) in [7, 11) is -0.341. The Labute approximate surface area is 98.8 Å². The van der Waals surface area contributed by atoms with Gasteiger partial charge in [0.15, 0.2) is 0 Å². The Kier molecular flexibility index (Phi) is 9.25. The van der Waals surface area contributed by atoms with Crippen molar-refractivity contribution in [2.75, 3.05) is 6.16 Å². The number of hydrogen-bond donors (Lipinski definition) is 0. The number of hydrogen-bond acceptors (Lipinski definition) is 2. The minimum Gasteiger partial charge on any atom is -0.802 e. The van der Waals surface area contributed by atoms with Crippen molar-refractivity contribution in [1.82, 2.24) is 4.57 Å². The number of rotatable bonds is 5. The van der Waals surface area contributed by atoms with Gasteiger partial charge < -0.3 is 9.46 Å². The van der Waals surface area contributed by atoms with E-state index in [0.29, 0.717) is 6.16 Å². The molecule has 1 rings (SSSR count). The van der Waals surface area contributed by atoms with Crippen LogP contribution in [0, 0.1) is 0 Å². The summed E-state index contributed by atoms with van der Waals surface area (Å²) in [5.74, 6) is 0. The molecule has 0 N–H and O–H groups in total. The van der Waals surface area contributed by atoms with Gasteiger partial charge in [-0.3, -0.25) is 0 Å². The first-order chi connectivity index (χ1) is 7.60. The molecule has 0 aliphatic heterocycles. The summed E-state index contributed by atoms with van der Waals surface area (Å²) in [6.07, 6.45) is 9.93. The van der Waals surface area contributed by atoms with Gasteiger partial charge in [0.2, 0.25) is 6.33 Å². The van der Waals surface area contributed by atoms with Crippen LogP contribution in [0.4, 0.5) is 0 Å². The van der Waals surface area contributed by atoms with Crippen LogP contribution < -0.4 is 9.46 Å². The van der Waals surface area contributed by atoms with Gasteiger partial charge in [-0.05, 0) is 12.6 Å². The van der Waals surface area contributed by atoms with Crippen molar-refractivity contribution in [3.63, 3.8) is 0 Å². The summed E-state index contributed by atoms with van der Waals surface area (Å²) in [6.45, 7) is 5.21. The molecule has 0 aliphatic rings. The number of aromatic nitrogens is 2. The molecule has 0 saturated heterocycles. The fourth-order valence-corrected chi connectivity index (χ4v) is 1.59. The maximum absolute atomic E-state index is 9.67. The van der Waals surface area contributed by atoms with E-state index in [2.05, 4.69) is 34.8 Å². The van der Waals surface area contributed by atoms with Gasteiger partial charge in [-0.15, -0.1) is 0 Å². The SMILES string of the molecule is CCCCn1cc[n+](C)c1.CCC[PH](=O)[O-]. The van der Waals surface area contributed by atoms with Crippen LogP contribution in [-0.2, 0) is 18.2 Å². The van der Waals surface area contributed by atoms with Gasteiger partial charge in [-0.1, -0.05) is 26.7 Å². The van der Waals surface area contributed by atoms with Crippen LogP contribution in [0.3, 0.4) is 0 Å². The molecule has 0 aromatic carbocycles. The van der Waals surface area contributed by atoms with Gasteiger partial charge in [-0.2, -0.15) is 0 Å². The molecule has 1 atom stereocenters. The molecular formula is C11H23N2O2P. The van der Waals surface area contributed by atoms with Crippen LogP contribution in [-0.4, -0.2) is 10.7 Å². The molecule has 0 spiro atoms. The minimum absolute atomic E-state index is 0.366. The van der Waals surface area contributed by atoms with Crippen LogP contribution in [0.5, 0.6) is 0 Å². The highest BCUT2D eigenvalue weighted by Gasteiger charge is 1.96. The number of unbranched alkanes of at least 4 members (excludes halogenated alkanes) is 1. The van der Waals surface area contributed by atoms with E-state index in [9.17, 15) is 9.46 Å². The third-order valence-electron chi connectivity index (χ3n) is 2.05. The Hall–Kier alpha value is -0.600. The molecule has 0 amide bonds. The van der Waals surface area contributed by atoms with Gasteiger partial charge in [0.1, 0.15) is 12.4 Å². The molecule has 0 bridgehead atoms. The standard InChI is InChI=1S/C8H15N2.C3H9O2P/c1-3-4-5-10-7-6-9(2)8-10;1-2-3-6(4)5/h6-8H,3-5H2,1-2H3;6H,2-3H2,1H3,(H,4,5)/q+1;/p-1. The van der Waals surface area contributed by atoms with Crippen molar-refractivity contribution in [2.24, 2.45) is 7.05 Å². The average Bonchev–Trinajstić information content (AvgIpc) is 2.62. The van der Waals surface area contributed by atoms with E-state index >= 15 is 0 Å². The quantitative estimate of drug-likeness (QED) is 0.581. The van der Waals surface area contributed by atoms with Crippen LogP contribution >= 0.6 is 8.03 Å². The number of imidazole rings is 1. The third kappa shape index (κ3) is 8.69. The lowest BCUT2D eigenvalue weighted by Gasteiger charge is -1.97. The Morgan fingerprint density at radius 3 is 2.38 bits per heavy atom. The lowest BCUT2D eigenvalue weighted by molar-refractivity contribution is -0.671. The maximum atomic E-state index is 9.67. The first kappa shape index (κ1) is 15.4. The number of nitrogens with zero attached hydrogens (tertiary/aromatic N) is 2. The molecule has 0 saturated carbocycles. The smallest absolute Gasteiger partial charge is 0.243 e. The summed E-state index contributed by atoms with van der Waals surface area (Å²) in [5, 5.41) is 0. The Bertz CT molecular complexity index is 300. The van der Waals surface area contributed by atoms with Crippen LogP contribution in [0.15, 0.2) is 18.7 Å². The molecule has 16 heavy (non-hydrogen) atoms. The summed E-state index contributed by atoms with van der Waals surface area (Å²) >= 11 is 0. The molecule has 1 aromatic heterocycles. The molecular weight excluding hydrogens is 223 g/mol. The summed E-state index contributed by atoms with van der Waals surface area (Å²) in [6, 6.07) is 0. The van der Waals surface area contributed by atoms with E-state index in [1.807, 2.05) is 14.0 Å². The Morgan fingerprint density at radius 1 is 1.38 bits per heavy atom. The summed E-state index contributed by atoms with van der Waals surface area (Å²) in [4.78, 5) is 9.67. The predicted octanol–water partition coefficient (Wildman–Crippen LogP) is 1.34. The molecule has 5 heteroatoms. The van der Waals surface area contributed by atoms with Crippen LogP contribution in [0.25, 0.3) is 0 Å². The normalized spacial score (nSPS) is 11.8. The Morgan fingerprint density at radius 2 is 2.06 bits per heavy atom. The van der Waals surface area contributed by atoms with E-state index in [1.54, 1.807) is 0 Å². The molecule has 4 nitrogen and oxygen atoms in total. The van der Waals surface area contributed by atoms with Crippen molar-refractivity contribution in [2.45, 2.75) is 39.7 Å². The van der Waals surface area contributed by atoms with Crippen LogP contribution in [0.2, 0.25) is 0 Å². The van der Waals surface area contributed by atoms with E-state index in [0.717, 1.165) is 13.0 Å². The zero-order valence-electron chi connectivity index (χ0n) is 10.5. The first-order valence-electron chi connectivity index (χ1n) is 5.81. The highest BCUT2D eigenvalue weighted by Crippen LogP contribution is 2.05. The van der Waals surface area contributed by atoms with E-state index in [-0.39, 0.29) is 0 Å². The lowest BCUT2D eigenvalue weighted by atomic mass is 10.3. The average molecular weight is 246 g/mol. The molecule has 0 radical (unpaired) electrons. The highest BCUT2D eigenvalue weighted by atomic mass is 31.1. The van der Waals surface area contributed by atoms with Crippen molar-refractivity contribution >= 4 is 8.03 Å². The second kappa shape index (κ2) is 9.61. The Balaban J connectivity index is 0.000000325. The largest absolute Gasteiger partial charge is 0.802 e. The van der Waals surface area contributed by atoms with Crippen molar-refractivity contribution in [1.29, 1.82) is 0 Å². The van der Waals surface area contributed by atoms with Crippen molar-refractivity contribution in [3.8, 4) is 0 Å². The van der Waals surface area contributed by atoms with Crippen molar-refractivity contribution in [3.05, 3.63) is 18.7 Å². The fourth-order valence-electron chi connectivity index (χ4n) is 1.18. The fraction of sp³-hybridized carbons (Fsp3) is 0.727. The molecule has 1 unspecified atom stereocenters. The molecule has 1 aromatic rings. The zero-order chi connectivity index (χ0) is 12.4. The topological polar surface area (TPSA) is 48.9 Å². The van der Waals surface area contributed by atoms with Crippen LogP contribution in [0.1, 0.15) is 33.1 Å². The van der Waals surface area contributed by atoms with Gasteiger partial charge in [0, 0.05) is 8.03 Å². The second-order valence-corrected chi connectivity index (χ2v) is 5.04. The first-order valence-corrected chi connectivity index (χ1v) is 7.33. The minimum atomic E-state index is -2.39. The predicted molar refractivity (Wildman–Crippen MR) is 64.7 cm³/mol. The third-order valence-corrected chi connectivity index (χ3v) is 2.96. The molecule has 0 fully saturated rings. The zero-order valence-corrected chi connectivity index (χ0v) is 11.5. The summed E-state index contributed by atoms with van der Waals surface area (Å²) in [5.41, 5.74) is 0. The molecule has 94 valence electrons. The second-order valence-electron chi connectivity index (χ2n) is 3.79. The van der Waals surface area contributed by atoms with Gasteiger partial charge in [0.25, 0.3) is 0 Å². The highest BCUT2D eigenvalue weighted by molar-refractivity contribution is 7.36. The van der Waals surface area contributed by atoms with Gasteiger partial charge >= 0.3 is 0 Å². The molecule has 1 heterocycles. The molecule has 0 aliphatic carbocycles. The van der Waals surface area contributed by atoms with Gasteiger partial charge in [-0.25, -0.2) is 9.13 Å². The van der Waals surface area contributed by atoms with E-state index < -0.39 is 8.03 Å².